The standard InChI is InChI=1S/C23H24N6O2/c1-13-19-14(12-28(2)27-19)9-16(20(13)30)21-24-11-17-18(26-21)4-8-29(22(17)31)15-3-7-25-23(10-15)5-6-23/h4,8-9,11-12,15,25,30H,3,5-7,10H2,1-2H3/t15-/m0/s1. The zero-order valence-corrected chi connectivity index (χ0v) is 17.6. The molecule has 1 aromatic carbocycles. The Hall–Kier alpha value is -3.26. The van der Waals surface area contributed by atoms with Crippen LogP contribution in [0.4, 0.5) is 0 Å². The summed E-state index contributed by atoms with van der Waals surface area (Å²) in [6.07, 6.45) is 9.69. The van der Waals surface area contributed by atoms with Gasteiger partial charge in [-0.3, -0.25) is 9.48 Å². The Bertz CT molecular complexity index is 1420. The van der Waals surface area contributed by atoms with Gasteiger partial charge in [0, 0.05) is 48.2 Å². The molecule has 0 bridgehead atoms. The van der Waals surface area contributed by atoms with Crippen molar-refractivity contribution in [3.05, 3.63) is 46.6 Å². The number of phenols is 1. The lowest BCUT2D eigenvalue weighted by Gasteiger charge is -2.31. The molecule has 1 aliphatic carbocycles. The van der Waals surface area contributed by atoms with Crippen LogP contribution in [0.1, 0.15) is 37.3 Å². The van der Waals surface area contributed by atoms with E-state index in [1.165, 1.54) is 12.8 Å². The van der Waals surface area contributed by atoms with Gasteiger partial charge in [-0.2, -0.15) is 5.10 Å². The van der Waals surface area contributed by atoms with E-state index in [2.05, 4.69) is 20.4 Å². The van der Waals surface area contributed by atoms with Gasteiger partial charge in [0.25, 0.3) is 5.56 Å². The molecule has 31 heavy (non-hydrogen) atoms. The molecule has 1 saturated heterocycles. The number of nitrogens with zero attached hydrogens (tertiary/aromatic N) is 5. The molecular weight excluding hydrogens is 392 g/mol. The normalized spacial score (nSPS) is 20.0. The van der Waals surface area contributed by atoms with E-state index < -0.39 is 0 Å². The number of rotatable bonds is 2. The predicted molar refractivity (Wildman–Crippen MR) is 118 cm³/mol. The lowest BCUT2D eigenvalue weighted by atomic mass is 9.97. The van der Waals surface area contributed by atoms with Crippen LogP contribution in [0.25, 0.3) is 33.2 Å². The number of aromatic nitrogens is 5. The third-order valence-electron chi connectivity index (χ3n) is 6.89. The molecule has 2 fully saturated rings. The van der Waals surface area contributed by atoms with Gasteiger partial charge in [0.1, 0.15) is 5.75 Å². The second-order valence-electron chi connectivity index (χ2n) is 9.01. The number of hydrogen-bond acceptors (Lipinski definition) is 6. The fourth-order valence-corrected chi connectivity index (χ4v) is 4.97. The Labute approximate surface area is 178 Å². The summed E-state index contributed by atoms with van der Waals surface area (Å²) in [7, 11) is 1.85. The van der Waals surface area contributed by atoms with Crippen molar-refractivity contribution < 1.29 is 5.11 Å². The summed E-state index contributed by atoms with van der Waals surface area (Å²) in [6, 6.07) is 3.94. The van der Waals surface area contributed by atoms with Gasteiger partial charge in [-0.05, 0) is 51.3 Å². The van der Waals surface area contributed by atoms with Gasteiger partial charge < -0.3 is 15.0 Å². The van der Waals surface area contributed by atoms with E-state index >= 15 is 0 Å². The molecule has 1 atom stereocenters. The van der Waals surface area contributed by atoms with Gasteiger partial charge in [-0.1, -0.05) is 0 Å². The van der Waals surface area contributed by atoms with Gasteiger partial charge in [-0.25, -0.2) is 9.97 Å². The molecule has 1 saturated carbocycles. The summed E-state index contributed by atoms with van der Waals surface area (Å²) in [5.74, 6) is 0.512. The van der Waals surface area contributed by atoms with Crippen molar-refractivity contribution in [1.29, 1.82) is 0 Å². The van der Waals surface area contributed by atoms with Crippen LogP contribution in [0, 0.1) is 6.92 Å². The topological polar surface area (TPSA) is 97.9 Å². The molecule has 2 aliphatic rings. The number of aromatic hydroxyl groups is 1. The molecule has 8 heteroatoms. The molecule has 0 radical (unpaired) electrons. The quantitative estimate of drug-likeness (QED) is 0.522. The first-order valence-electron chi connectivity index (χ1n) is 10.7. The molecule has 3 aromatic heterocycles. The zero-order valence-electron chi connectivity index (χ0n) is 17.6. The van der Waals surface area contributed by atoms with Crippen molar-refractivity contribution in [1.82, 2.24) is 29.6 Å². The average molecular weight is 416 g/mol. The number of fused-ring (bicyclic) bond motifs is 2. The molecule has 6 rings (SSSR count). The van der Waals surface area contributed by atoms with Crippen LogP contribution in [0.15, 0.2) is 35.5 Å². The number of phenolic OH excluding ortho intramolecular Hbond substituents is 1. The highest BCUT2D eigenvalue weighted by atomic mass is 16.3. The van der Waals surface area contributed by atoms with Crippen molar-refractivity contribution in [3.63, 3.8) is 0 Å². The molecule has 1 spiro atoms. The maximum atomic E-state index is 13.2. The fraction of sp³-hybridized carbons (Fsp3) is 0.391. The highest BCUT2D eigenvalue weighted by Crippen LogP contribution is 2.45. The molecule has 158 valence electrons. The average Bonchev–Trinajstić information content (AvgIpc) is 3.39. The van der Waals surface area contributed by atoms with Crippen LogP contribution >= 0.6 is 0 Å². The Morgan fingerprint density at radius 3 is 2.97 bits per heavy atom. The first kappa shape index (κ1) is 18.5. The summed E-state index contributed by atoms with van der Waals surface area (Å²) in [4.78, 5) is 22.3. The third kappa shape index (κ3) is 2.85. The van der Waals surface area contributed by atoms with Crippen molar-refractivity contribution >= 4 is 21.8 Å². The smallest absolute Gasteiger partial charge is 0.261 e. The van der Waals surface area contributed by atoms with Crippen molar-refractivity contribution in [2.45, 2.75) is 44.2 Å². The number of piperidine rings is 1. The Morgan fingerprint density at radius 1 is 1.32 bits per heavy atom. The fourth-order valence-electron chi connectivity index (χ4n) is 4.97. The summed E-state index contributed by atoms with van der Waals surface area (Å²) < 4.78 is 3.58. The van der Waals surface area contributed by atoms with Crippen LogP contribution in [0.3, 0.4) is 0 Å². The molecule has 1 aliphatic heterocycles. The minimum absolute atomic E-state index is 0.0464. The lowest BCUT2D eigenvalue weighted by molar-refractivity contribution is 0.282. The van der Waals surface area contributed by atoms with Gasteiger partial charge in [0.15, 0.2) is 5.82 Å². The molecular formula is C23H24N6O2. The van der Waals surface area contributed by atoms with Gasteiger partial charge in [-0.15, -0.1) is 0 Å². The Balaban J connectivity index is 1.43. The second-order valence-corrected chi connectivity index (χ2v) is 9.01. The van der Waals surface area contributed by atoms with Gasteiger partial charge >= 0.3 is 0 Å². The van der Waals surface area contributed by atoms with Crippen LogP contribution in [0.5, 0.6) is 5.75 Å². The van der Waals surface area contributed by atoms with E-state index in [0.717, 1.165) is 30.3 Å². The van der Waals surface area contributed by atoms with E-state index in [-0.39, 0.29) is 22.9 Å². The van der Waals surface area contributed by atoms with Gasteiger partial charge in [0.05, 0.1) is 22.0 Å². The first-order chi connectivity index (χ1) is 14.9. The minimum Gasteiger partial charge on any atom is -0.507 e. The molecule has 8 nitrogen and oxygen atoms in total. The minimum atomic E-state index is -0.0464. The van der Waals surface area contributed by atoms with E-state index in [9.17, 15) is 9.90 Å². The molecule has 4 heterocycles. The SMILES string of the molecule is Cc1c(O)c(-c2ncc3c(=O)n([C@H]4CCNC5(CC5)C4)ccc3n2)cc2cn(C)nc12. The lowest BCUT2D eigenvalue weighted by Crippen LogP contribution is -2.42. The number of benzene rings is 1. The van der Waals surface area contributed by atoms with Crippen LogP contribution < -0.4 is 10.9 Å². The highest BCUT2D eigenvalue weighted by molar-refractivity contribution is 5.90. The van der Waals surface area contributed by atoms with Crippen molar-refractivity contribution in [2.75, 3.05) is 6.54 Å². The number of aryl methyl sites for hydroxylation is 2. The van der Waals surface area contributed by atoms with Crippen LogP contribution in [-0.4, -0.2) is 41.5 Å². The van der Waals surface area contributed by atoms with Crippen LogP contribution in [0.2, 0.25) is 0 Å². The summed E-state index contributed by atoms with van der Waals surface area (Å²) in [5.41, 5.74) is 2.77. The van der Waals surface area contributed by atoms with Crippen molar-refractivity contribution in [3.8, 4) is 17.1 Å². The maximum Gasteiger partial charge on any atom is 0.261 e. The van der Waals surface area contributed by atoms with Gasteiger partial charge in [0.2, 0.25) is 0 Å². The highest BCUT2D eigenvalue weighted by Gasteiger charge is 2.46. The molecule has 4 aromatic rings. The second kappa shape index (κ2) is 6.37. The number of nitrogens with one attached hydrogen (secondary N) is 1. The summed E-state index contributed by atoms with van der Waals surface area (Å²) >= 11 is 0. The Morgan fingerprint density at radius 2 is 2.16 bits per heavy atom. The first-order valence-corrected chi connectivity index (χ1v) is 10.7. The number of hydrogen-bond donors (Lipinski definition) is 2. The third-order valence-corrected chi connectivity index (χ3v) is 6.89. The summed E-state index contributed by atoms with van der Waals surface area (Å²) in [5, 5.41) is 20.2. The van der Waals surface area contributed by atoms with E-state index in [4.69, 9.17) is 0 Å². The van der Waals surface area contributed by atoms with E-state index in [0.29, 0.717) is 27.9 Å². The number of pyridine rings is 1. The largest absolute Gasteiger partial charge is 0.507 e. The van der Waals surface area contributed by atoms with E-state index in [1.807, 2.05) is 43.1 Å². The molecule has 0 unspecified atom stereocenters. The predicted octanol–water partition coefficient (Wildman–Crippen LogP) is 2.82. The van der Waals surface area contributed by atoms with Crippen LogP contribution in [-0.2, 0) is 7.05 Å². The summed E-state index contributed by atoms with van der Waals surface area (Å²) in [6.45, 7) is 2.78. The monoisotopic (exact) mass is 416 g/mol. The van der Waals surface area contributed by atoms with E-state index in [1.54, 1.807) is 10.9 Å². The molecule has 2 N–H and O–H groups in total. The molecule has 0 amide bonds. The zero-order chi connectivity index (χ0) is 21.3. The Kier molecular flexibility index (Phi) is 3.80. The van der Waals surface area contributed by atoms with Crippen molar-refractivity contribution in [2.24, 2.45) is 7.05 Å². The maximum absolute atomic E-state index is 13.2.